The lowest BCUT2D eigenvalue weighted by atomic mass is 9.95. The van der Waals surface area contributed by atoms with E-state index in [9.17, 15) is 43.4 Å². The molecule has 3 aromatic rings. The standard InChI is InChI=1S/C21H13Cl2F7N4O2S/c22-14-6-13(37(26,27,28,29)30)7-15(23)18(14)34-19(32-9-10-3-11(24)5-12(25)4-10)17(16(8-31)33-34)21(1-2-21)20(35)36/h3-7,32H,1-2,9H2,(H,35,36). The lowest BCUT2D eigenvalue weighted by Crippen LogP contribution is -2.22. The third kappa shape index (κ3) is 5.03. The van der Waals surface area contributed by atoms with Gasteiger partial charge in [0.1, 0.15) is 34.1 Å². The van der Waals surface area contributed by atoms with Crippen molar-refractivity contribution in [1.82, 2.24) is 9.78 Å². The van der Waals surface area contributed by atoms with E-state index < -0.39 is 59.6 Å². The lowest BCUT2D eigenvalue weighted by Gasteiger charge is -2.40. The Morgan fingerprint density at radius 2 is 1.62 bits per heavy atom. The summed E-state index contributed by atoms with van der Waals surface area (Å²) in [5, 5.41) is 24.2. The molecule has 0 bridgehead atoms. The fourth-order valence-electron chi connectivity index (χ4n) is 3.84. The van der Waals surface area contributed by atoms with Crippen molar-refractivity contribution in [2.75, 3.05) is 5.32 Å². The van der Waals surface area contributed by atoms with Gasteiger partial charge in [0.15, 0.2) is 5.69 Å². The van der Waals surface area contributed by atoms with Gasteiger partial charge in [0.25, 0.3) is 0 Å². The van der Waals surface area contributed by atoms with Crippen LogP contribution < -0.4 is 5.32 Å². The third-order valence-electron chi connectivity index (χ3n) is 5.66. The highest BCUT2D eigenvalue weighted by molar-refractivity contribution is 8.45. The van der Waals surface area contributed by atoms with Crippen molar-refractivity contribution in [3.05, 3.63) is 68.8 Å². The Morgan fingerprint density at radius 3 is 2.05 bits per heavy atom. The summed E-state index contributed by atoms with van der Waals surface area (Å²) in [5.41, 5.74) is -2.78. The maximum Gasteiger partial charge on any atom is 0.314 e. The number of carbonyl (C=O) groups is 1. The Bertz CT molecular complexity index is 1470. The molecule has 0 amide bonds. The van der Waals surface area contributed by atoms with E-state index in [-0.39, 0.29) is 48.5 Å². The summed E-state index contributed by atoms with van der Waals surface area (Å²) in [7, 11) is -10.2. The zero-order chi connectivity index (χ0) is 27.6. The maximum atomic E-state index is 13.7. The molecule has 1 heterocycles. The van der Waals surface area contributed by atoms with Gasteiger partial charge in [0, 0.05) is 12.6 Å². The second-order valence-electron chi connectivity index (χ2n) is 8.32. The summed E-state index contributed by atoms with van der Waals surface area (Å²) in [4.78, 5) is 9.67. The zero-order valence-electron chi connectivity index (χ0n) is 18.0. The molecule has 0 radical (unpaired) electrons. The topological polar surface area (TPSA) is 90.9 Å². The molecule has 2 N–H and O–H groups in total. The molecule has 37 heavy (non-hydrogen) atoms. The van der Waals surface area contributed by atoms with Crippen LogP contribution in [0.5, 0.6) is 0 Å². The molecule has 6 nitrogen and oxygen atoms in total. The number of benzene rings is 2. The first-order valence-corrected chi connectivity index (χ1v) is 12.8. The Balaban J connectivity index is 1.94. The average Bonchev–Trinajstić information content (AvgIpc) is 3.46. The molecule has 1 saturated carbocycles. The minimum Gasteiger partial charge on any atom is -0.481 e. The van der Waals surface area contributed by atoms with Crippen molar-refractivity contribution in [3.8, 4) is 11.8 Å². The summed E-state index contributed by atoms with van der Waals surface area (Å²) in [6.07, 6.45) is 0.132. The molecule has 1 aliphatic carbocycles. The van der Waals surface area contributed by atoms with Crippen molar-refractivity contribution in [2.45, 2.75) is 29.7 Å². The van der Waals surface area contributed by atoms with Gasteiger partial charge < -0.3 is 10.4 Å². The van der Waals surface area contributed by atoms with Gasteiger partial charge in [-0.2, -0.15) is 10.4 Å². The number of nitrogens with one attached hydrogen (secondary N) is 1. The average molecular weight is 589 g/mol. The summed E-state index contributed by atoms with van der Waals surface area (Å²) in [6, 6.07) is 4.09. The van der Waals surface area contributed by atoms with Crippen LogP contribution in [0.1, 0.15) is 29.7 Å². The van der Waals surface area contributed by atoms with E-state index in [1.807, 2.05) is 0 Å². The van der Waals surface area contributed by atoms with Crippen LogP contribution >= 0.6 is 33.4 Å². The van der Waals surface area contributed by atoms with Crippen molar-refractivity contribution in [3.63, 3.8) is 0 Å². The van der Waals surface area contributed by atoms with Gasteiger partial charge in [-0.3, -0.25) is 4.79 Å². The van der Waals surface area contributed by atoms with Crippen LogP contribution in [0.4, 0.5) is 34.0 Å². The molecule has 198 valence electrons. The first kappa shape index (κ1) is 26.9. The van der Waals surface area contributed by atoms with E-state index in [1.54, 1.807) is 6.07 Å². The number of nitrogens with zero attached hydrogens (tertiary/aromatic N) is 3. The number of carboxylic acid groups (broad SMARTS) is 1. The zero-order valence-corrected chi connectivity index (χ0v) is 20.3. The first-order valence-electron chi connectivity index (χ1n) is 10.1. The van der Waals surface area contributed by atoms with Crippen LogP contribution in [0.15, 0.2) is 35.2 Å². The molecule has 16 heteroatoms. The highest BCUT2D eigenvalue weighted by atomic mass is 35.5. The highest BCUT2D eigenvalue weighted by Gasteiger charge is 2.65. The number of halogens is 9. The van der Waals surface area contributed by atoms with E-state index in [0.717, 1.165) is 12.1 Å². The van der Waals surface area contributed by atoms with Crippen LogP contribution in [-0.2, 0) is 16.8 Å². The molecule has 0 spiro atoms. The first-order chi connectivity index (χ1) is 16.9. The largest absolute Gasteiger partial charge is 0.481 e. The van der Waals surface area contributed by atoms with Gasteiger partial charge in [0.2, 0.25) is 0 Å². The van der Waals surface area contributed by atoms with Crippen LogP contribution in [0, 0.1) is 23.0 Å². The van der Waals surface area contributed by atoms with E-state index in [1.165, 1.54) is 0 Å². The fourth-order valence-corrected chi connectivity index (χ4v) is 5.29. The predicted molar refractivity (Wildman–Crippen MR) is 122 cm³/mol. The number of hydrogen-bond acceptors (Lipinski definition) is 4. The van der Waals surface area contributed by atoms with Crippen LogP contribution in [0.2, 0.25) is 10.0 Å². The van der Waals surface area contributed by atoms with Crippen LogP contribution in [0.25, 0.3) is 5.69 Å². The fraction of sp³-hybridized carbons (Fsp3) is 0.190. The molecule has 1 fully saturated rings. The van der Waals surface area contributed by atoms with Gasteiger partial charge >= 0.3 is 16.2 Å². The number of rotatable bonds is 7. The lowest BCUT2D eigenvalue weighted by molar-refractivity contribution is -0.140. The second kappa shape index (κ2) is 7.92. The minimum atomic E-state index is -10.2. The predicted octanol–water partition coefficient (Wildman–Crippen LogP) is 7.71. The van der Waals surface area contributed by atoms with Crippen molar-refractivity contribution in [2.24, 2.45) is 0 Å². The monoisotopic (exact) mass is 588 g/mol. The quantitative estimate of drug-likeness (QED) is 0.276. The Morgan fingerprint density at radius 1 is 1.08 bits per heavy atom. The number of nitriles is 1. The van der Waals surface area contributed by atoms with E-state index in [2.05, 4.69) is 10.4 Å². The van der Waals surface area contributed by atoms with Crippen molar-refractivity contribution in [1.29, 1.82) is 5.26 Å². The number of hydrogen-bond donors (Lipinski definition) is 2. The number of anilines is 1. The van der Waals surface area contributed by atoms with Crippen LogP contribution in [0.3, 0.4) is 0 Å². The van der Waals surface area contributed by atoms with Gasteiger partial charge in [-0.1, -0.05) is 42.6 Å². The molecule has 1 aliphatic rings. The van der Waals surface area contributed by atoms with Crippen molar-refractivity contribution < 1.29 is 38.1 Å². The molecule has 2 aromatic carbocycles. The van der Waals surface area contributed by atoms with E-state index in [0.29, 0.717) is 10.7 Å². The van der Waals surface area contributed by atoms with E-state index in [4.69, 9.17) is 23.2 Å². The maximum absolute atomic E-state index is 13.7. The van der Waals surface area contributed by atoms with E-state index >= 15 is 0 Å². The van der Waals surface area contributed by atoms with Gasteiger partial charge in [0.05, 0.1) is 21.0 Å². The summed E-state index contributed by atoms with van der Waals surface area (Å²) < 4.78 is 94.8. The summed E-state index contributed by atoms with van der Waals surface area (Å²) in [6.45, 7) is -0.368. The number of carboxylic acids is 1. The minimum absolute atomic E-state index is 0.0309. The highest BCUT2D eigenvalue weighted by Crippen LogP contribution is 3.02. The molecular formula is C21H13Cl2F7N4O2S. The van der Waals surface area contributed by atoms with Gasteiger partial charge in [-0.15, -0.1) is 0 Å². The summed E-state index contributed by atoms with van der Waals surface area (Å²) in [5.74, 6) is -3.47. The molecule has 0 atom stereocenters. The number of aromatic nitrogens is 2. The molecule has 4 rings (SSSR count). The summed E-state index contributed by atoms with van der Waals surface area (Å²) >= 11 is 11.9. The van der Waals surface area contributed by atoms with Gasteiger partial charge in [-0.25, -0.2) is 13.5 Å². The van der Waals surface area contributed by atoms with Crippen LogP contribution in [-0.4, -0.2) is 20.9 Å². The Hall–Kier alpha value is -3.15. The Labute approximate surface area is 213 Å². The Kier molecular flexibility index (Phi) is 5.76. The third-order valence-corrected chi connectivity index (χ3v) is 7.36. The second-order valence-corrected chi connectivity index (χ2v) is 11.5. The molecule has 1 aromatic heterocycles. The SMILES string of the molecule is N#Cc1nn(-c2c(Cl)cc(S(F)(F)(F)(F)F)cc2Cl)c(NCc2cc(F)cc(F)c2)c1C1(C(=O)O)CC1. The molecule has 0 aliphatic heterocycles. The normalized spacial score (nSPS) is 16.4. The molecular weight excluding hydrogens is 576 g/mol. The van der Waals surface area contributed by atoms with Crippen molar-refractivity contribution >= 4 is 45.2 Å². The molecule has 0 saturated heterocycles. The molecule has 0 unspecified atom stereocenters. The number of aliphatic carboxylic acids is 1. The smallest absolute Gasteiger partial charge is 0.314 e. The van der Waals surface area contributed by atoms with Gasteiger partial charge in [-0.05, 0) is 42.7 Å².